The summed E-state index contributed by atoms with van der Waals surface area (Å²) in [5, 5.41) is 4.87. The number of para-hydroxylation sites is 2. The van der Waals surface area contributed by atoms with Crippen LogP contribution in [0.15, 0.2) is 54.6 Å². The number of aryl methyl sites for hydroxylation is 1. The van der Waals surface area contributed by atoms with E-state index in [1.54, 1.807) is 22.9 Å². The highest BCUT2D eigenvalue weighted by Crippen LogP contribution is 2.35. The van der Waals surface area contributed by atoms with Gasteiger partial charge in [-0.2, -0.15) is 5.10 Å². The summed E-state index contributed by atoms with van der Waals surface area (Å²) in [5.41, 5.74) is 2.47. The Hall–Kier alpha value is -3.19. The van der Waals surface area contributed by atoms with Gasteiger partial charge >= 0.3 is 0 Å². The minimum atomic E-state index is -0.444. The lowest BCUT2D eigenvalue weighted by atomic mass is 10.0. The number of carbonyl (C=O) groups excluding carboxylic acids is 1. The van der Waals surface area contributed by atoms with Crippen molar-refractivity contribution in [2.24, 2.45) is 5.92 Å². The SMILES string of the molecule is CCc1nn(-c2ccccc2)c(Oc2ccccc2F)c1CN(C[C@H]1CCCO1)C(=O)C1CCCC1. The summed E-state index contributed by atoms with van der Waals surface area (Å²) in [6.45, 7) is 3.68. The van der Waals surface area contributed by atoms with Crippen LogP contribution >= 0.6 is 0 Å². The summed E-state index contributed by atoms with van der Waals surface area (Å²) in [6, 6.07) is 16.1. The molecule has 2 heterocycles. The number of benzene rings is 2. The van der Waals surface area contributed by atoms with E-state index in [1.165, 1.54) is 6.07 Å². The number of aromatic nitrogens is 2. The van der Waals surface area contributed by atoms with E-state index >= 15 is 0 Å². The van der Waals surface area contributed by atoms with Crippen LogP contribution < -0.4 is 4.74 Å². The van der Waals surface area contributed by atoms with Crippen LogP contribution in [0.5, 0.6) is 11.6 Å². The molecule has 0 radical (unpaired) electrons. The van der Waals surface area contributed by atoms with Crippen LogP contribution in [0.3, 0.4) is 0 Å². The molecule has 1 amide bonds. The number of nitrogens with zero attached hydrogens (tertiary/aromatic N) is 3. The molecule has 2 aliphatic rings. The average Bonchev–Trinajstić information content (AvgIpc) is 3.68. The molecule has 3 aromatic rings. The Morgan fingerprint density at radius 3 is 2.53 bits per heavy atom. The first-order chi connectivity index (χ1) is 17.6. The maximum Gasteiger partial charge on any atom is 0.228 e. The van der Waals surface area contributed by atoms with Gasteiger partial charge in [-0.1, -0.05) is 50.1 Å². The molecule has 6 nitrogen and oxygen atoms in total. The largest absolute Gasteiger partial charge is 0.435 e. The Labute approximate surface area is 212 Å². The smallest absolute Gasteiger partial charge is 0.228 e. The highest BCUT2D eigenvalue weighted by Gasteiger charge is 2.32. The van der Waals surface area contributed by atoms with Crippen molar-refractivity contribution in [2.75, 3.05) is 13.2 Å². The Morgan fingerprint density at radius 1 is 1.08 bits per heavy atom. The molecule has 1 aliphatic heterocycles. The number of halogens is 1. The van der Waals surface area contributed by atoms with Crippen molar-refractivity contribution in [1.82, 2.24) is 14.7 Å². The lowest BCUT2D eigenvalue weighted by Crippen LogP contribution is -2.40. The first-order valence-electron chi connectivity index (χ1n) is 13.1. The number of hydrogen-bond donors (Lipinski definition) is 0. The maximum atomic E-state index is 14.7. The van der Waals surface area contributed by atoms with E-state index in [1.807, 2.05) is 42.2 Å². The molecular formula is C29H34FN3O3. The zero-order valence-electron chi connectivity index (χ0n) is 20.9. The van der Waals surface area contributed by atoms with E-state index in [9.17, 15) is 9.18 Å². The molecular weight excluding hydrogens is 457 g/mol. The fraction of sp³-hybridized carbons (Fsp3) is 0.448. The van der Waals surface area contributed by atoms with E-state index in [2.05, 4.69) is 0 Å². The zero-order valence-corrected chi connectivity index (χ0v) is 20.9. The Kier molecular flexibility index (Phi) is 7.66. The van der Waals surface area contributed by atoms with Crippen LogP contribution in [-0.4, -0.2) is 39.8 Å². The summed E-state index contributed by atoms with van der Waals surface area (Å²) in [6.07, 6.45) is 6.73. The van der Waals surface area contributed by atoms with Gasteiger partial charge in [0.2, 0.25) is 11.8 Å². The second-order valence-electron chi connectivity index (χ2n) is 9.70. The van der Waals surface area contributed by atoms with E-state index in [4.69, 9.17) is 14.6 Å². The van der Waals surface area contributed by atoms with Gasteiger partial charge in [0.1, 0.15) is 0 Å². The third-order valence-corrected chi connectivity index (χ3v) is 7.21. The number of hydrogen-bond acceptors (Lipinski definition) is 4. The van der Waals surface area contributed by atoms with Crippen molar-refractivity contribution in [1.29, 1.82) is 0 Å². The first-order valence-corrected chi connectivity index (χ1v) is 13.1. The summed E-state index contributed by atoms with van der Waals surface area (Å²) < 4.78 is 28.5. The lowest BCUT2D eigenvalue weighted by molar-refractivity contribution is -0.137. The topological polar surface area (TPSA) is 56.6 Å². The normalized spacial score (nSPS) is 18.0. The summed E-state index contributed by atoms with van der Waals surface area (Å²) in [4.78, 5) is 15.6. The quantitative estimate of drug-likeness (QED) is 0.365. The molecule has 7 heteroatoms. The van der Waals surface area contributed by atoms with Gasteiger partial charge in [0.25, 0.3) is 0 Å². The fourth-order valence-electron chi connectivity index (χ4n) is 5.29. The molecule has 1 aliphatic carbocycles. The number of rotatable bonds is 9. The van der Waals surface area contributed by atoms with Crippen LogP contribution in [0, 0.1) is 11.7 Å². The minimum absolute atomic E-state index is 0.0422. The predicted molar refractivity (Wildman–Crippen MR) is 136 cm³/mol. The number of carbonyl (C=O) groups is 1. The van der Waals surface area contributed by atoms with Gasteiger partial charge in [-0.15, -0.1) is 0 Å². The Bertz CT molecular complexity index is 1170. The molecule has 1 saturated heterocycles. The molecule has 5 rings (SSSR count). The monoisotopic (exact) mass is 491 g/mol. The minimum Gasteiger partial charge on any atom is -0.435 e. The molecule has 1 atom stereocenters. The molecule has 2 fully saturated rings. The summed E-state index contributed by atoms with van der Waals surface area (Å²) >= 11 is 0. The molecule has 0 unspecified atom stereocenters. The van der Waals surface area contributed by atoms with Crippen molar-refractivity contribution in [3.63, 3.8) is 0 Å². The Morgan fingerprint density at radius 2 is 1.83 bits per heavy atom. The molecule has 0 N–H and O–H groups in total. The molecule has 0 bridgehead atoms. The number of ether oxygens (including phenoxy) is 2. The Balaban J connectivity index is 1.55. The van der Waals surface area contributed by atoms with E-state index in [-0.39, 0.29) is 23.7 Å². The van der Waals surface area contributed by atoms with Crippen LogP contribution in [0.2, 0.25) is 0 Å². The van der Waals surface area contributed by atoms with E-state index in [0.717, 1.165) is 62.1 Å². The maximum absolute atomic E-state index is 14.7. The van der Waals surface area contributed by atoms with Crippen molar-refractivity contribution in [3.05, 3.63) is 71.7 Å². The molecule has 36 heavy (non-hydrogen) atoms. The molecule has 190 valence electrons. The molecule has 2 aromatic carbocycles. The first kappa shape index (κ1) is 24.5. The van der Waals surface area contributed by atoms with Crippen LogP contribution in [0.25, 0.3) is 5.69 Å². The predicted octanol–water partition coefficient (Wildman–Crippen LogP) is 6.06. The van der Waals surface area contributed by atoms with Crippen molar-refractivity contribution in [2.45, 2.75) is 64.5 Å². The third-order valence-electron chi connectivity index (χ3n) is 7.21. The van der Waals surface area contributed by atoms with Gasteiger partial charge in [0, 0.05) is 19.1 Å². The standard InChI is InChI=1S/C29H34FN3O3/c1-2-26-24(20-32(19-23-15-10-18-35-23)28(34)21-11-6-7-12-21)29(36-27-17-9-8-16-25(27)30)33(31-26)22-13-4-3-5-14-22/h3-5,8-9,13-14,16-17,21,23H,2,6-7,10-12,15,18-20H2,1H3/t23-/m1/s1. The summed E-state index contributed by atoms with van der Waals surface area (Å²) in [7, 11) is 0. The van der Waals surface area contributed by atoms with Crippen LogP contribution in [-0.2, 0) is 22.5 Å². The van der Waals surface area contributed by atoms with Gasteiger partial charge in [-0.3, -0.25) is 4.79 Å². The average molecular weight is 492 g/mol. The fourth-order valence-corrected chi connectivity index (χ4v) is 5.29. The second kappa shape index (κ2) is 11.2. The highest BCUT2D eigenvalue weighted by atomic mass is 19.1. The second-order valence-corrected chi connectivity index (χ2v) is 9.70. The van der Waals surface area contributed by atoms with Gasteiger partial charge in [-0.25, -0.2) is 9.07 Å². The van der Waals surface area contributed by atoms with Crippen LogP contribution in [0.4, 0.5) is 4.39 Å². The molecule has 1 aromatic heterocycles. The molecule has 1 saturated carbocycles. The van der Waals surface area contributed by atoms with Gasteiger partial charge < -0.3 is 14.4 Å². The van der Waals surface area contributed by atoms with Gasteiger partial charge in [0.05, 0.1) is 29.6 Å². The zero-order chi connectivity index (χ0) is 24.9. The third kappa shape index (κ3) is 5.31. The lowest BCUT2D eigenvalue weighted by Gasteiger charge is -2.28. The summed E-state index contributed by atoms with van der Waals surface area (Å²) in [5.74, 6) is 0.359. The van der Waals surface area contributed by atoms with Gasteiger partial charge in [0.15, 0.2) is 11.6 Å². The van der Waals surface area contributed by atoms with Crippen LogP contribution in [0.1, 0.15) is 56.7 Å². The van der Waals surface area contributed by atoms with E-state index in [0.29, 0.717) is 25.4 Å². The molecule has 0 spiro atoms. The van der Waals surface area contributed by atoms with Crippen molar-refractivity contribution < 1.29 is 18.7 Å². The van der Waals surface area contributed by atoms with Crippen molar-refractivity contribution in [3.8, 4) is 17.3 Å². The van der Waals surface area contributed by atoms with Crippen molar-refractivity contribution >= 4 is 5.91 Å². The highest BCUT2D eigenvalue weighted by molar-refractivity contribution is 5.79. The van der Waals surface area contributed by atoms with E-state index < -0.39 is 5.82 Å². The number of amides is 1. The van der Waals surface area contributed by atoms with Gasteiger partial charge in [-0.05, 0) is 56.4 Å².